The number of carbonyl (C=O) groups excluding carboxylic acids is 2. The summed E-state index contributed by atoms with van der Waals surface area (Å²) in [5.74, 6) is -4.24. The van der Waals surface area contributed by atoms with Gasteiger partial charge in [-0.05, 0) is 36.8 Å². The van der Waals surface area contributed by atoms with Crippen LogP contribution in [0, 0.1) is 17.5 Å². The predicted molar refractivity (Wildman–Crippen MR) is 80.8 cm³/mol. The summed E-state index contributed by atoms with van der Waals surface area (Å²) in [5, 5.41) is 0. The van der Waals surface area contributed by atoms with Crippen LogP contribution in [-0.4, -0.2) is 18.4 Å². The number of rotatable bonds is 3. The van der Waals surface area contributed by atoms with Crippen molar-refractivity contribution in [2.45, 2.75) is 12.3 Å². The lowest BCUT2D eigenvalue weighted by atomic mass is 9.77. The van der Waals surface area contributed by atoms with E-state index in [1.165, 1.54) is 25.1 Å². The standard InChI is InChI=1S/C17H13F3N2O2/c1-17(9-2-4-10(18)5-3-9)14-12(7-6-11(19)15(14)20)22(16(17)24)8-13(21)23/h2-7H,8H2,1H3,(H2,21,23). The Bertz CT molecular complexity index is 852. The summed E-state index contributed by atoms with van der Waals surface area (Å²) in [6.07, 6.45) is 0. The Morgan fingerprint density at radius 2 is 1.75 bits per heavy atom. The minimum atomic E-state index is -1.59. The van der Waals surface area contributed by atoms with Gasteiger partial charge in [-0.3, -0.25) is 9.59 Å². The molecule has 1 aliphatic heterocycles. The number of anilines is 1. The molecule has 3 rings (SSSR count). The van der Waals surface area contributed by atoms with E-state index in [0.717, 1.165) is 23.1 Å². The molecule has 1 unspecified atom stereocenters. The first-order chi connectivity index (χ1) is 11.3. The molecule has 4 nitrogen and oxygen atoms in total. The summed E-state index contributed by atoms with van der Waals surface area (Å²) in [5.41, 5.74) is 3.73. The Labute approximate surface area is 135 Å². The average molecular weight is 334 g/mol. The van der Waals surface area contributed by atoms with Crippen LogP contribution in [-0.2, 0) is 15.0 Å². The van der Waals surface area contributed by atoms with E-state index in [1.807, 2.05) is 0 Å². The highest BCUT2D eigenvalue weighted by Gasteiger charge is 2.51. The summed E-state index contributed by atoms with van der Waals surface area (Å²) in [4.78, 5) is 25.2. The third-order valence-electron chi connectivity index (χ3n) is 4.27. The fourth-order valence-electron chi connectivity index (χ4n) is 3.09. The molecule has 1 atom stereocenters. The molecule has 1 aliphatic rings. The van der Waals surface area contributed by atoms with Gasteiger partial charge in [0.05, 0.1) is 5.69 Å². The van der Waals surface area contributed by atoms with Gasteiger partial charge in [0.2, 0.25) is 11.8 Å². The maximum absolute atomic E-state index is 14.5. The average Bonchev–Trinajstić information content (AvgIpc) is 2.74. The van der Waals surface area contributed by atoms with Gasteiger partial charge in [0.25, 0.3) is 0 Å². The molecule has 124 valence electrons. The van der Waals surface area contributed by atoms with Crippen molar-refractivity contribution in [3.8, 4) is 0 Å². The number of primary amides is 1. The Balaban J connectivity index is 2.28. The van der Waals surface area contributed by atoms with Crippen LogP contribution in [0.5, 0.6) is 0 Å². The van der Waals surface area contributed by atoms with Gasteiger partial charge in [0, 0.05) is 5.56 Å². The monoisotopic (exact) mass is 334 g/mol. The van der Waals surface area contributed by atoms with Crippen LogP contribution in [0.1, 0.15) is 18.1 Å². The number of nitrogens with zero attached hydrogens (tertiary/aromatic N) is 1. The first kappa shape index (κ1) is 16.0. The smallest absolute Gasteiger partial charge is 0.242 e. The molecule has 2 amide bonds. The quantitative estimate of drug-likeness (QED) is 0.936. The van der Waals surface area contributed by atoms with E-state index >= 15 is 0 Å². The third-order valence-corrected chi connectivity index (χ3v) is 4.27. The van der Waals surface area contributed by atoms with Gasteiger partial charge >= 0.3 is 0 Å². The number of amides is 2. The van der Waals surface area contributed by atoms with Gasteiger partial charge < -0.3 is 10.6 Å². The Hall–Kier alpha value is -2.83. The Morgan fingerprint density at radius 1 is 1.12 bits per heavy atom. The summed E-state index contributed by atoms with van der Waals surface area (Å²) >= 11 is 0. The molecule has 1 heterocycles. The molecule has 24 heavy (non-hydrogen) atoms. The van der Waals surface area contributed by atoms with Crippen molar-refractivity contribution in [3.05, 3.63) is 65.0 Å². The van der Waals surface area contributed by atoms with Crippen LogP contribution in [0.25, 0.3) is 0 Å². The molecule has 0 bridgehead atoms. The minimum absolute atomic E-state index is 0.0736. The molecule has 2 aromatic carbocycles. The molecular weight excluding hydrogens is 321 g/mol. The number of nitrogens with two attached hydrogens (primary N) is 1. The van der Waals surface area contributed by atoms with Gasteiger partial charge in [-0.15, -0.1) is 0 Å². The van der Waals surface area contributed by atoms with Crippen molar-refractivity contribution in [1.29, 1.82) is 0 Å². The molecule has 0 saturated heterocycles. The van der Waals surface area contributed by atoms with E-state index in [9.17, 15) is 22.8 Å². The number of carbonyl (C=O) groups is 2. The molecule has 0 saturated carbocycles. The van der Waals surface area contributed by atoms with Crippen LogP contribution in [0.4, 0.5) is 18.9 Å². The van der Waals surface area contributed by atoms with Crippen LogP contribution < -0.4 is 10.6 Å². The molecule has 0 aliphatic carbocycles. The molecule has 0 aromatic heterocycles. The first-order valence-corrected chi connectivity index (χ1v) is 7.11. The summed E-state index contributed by atoms with van der Waals surface area (Å²) in [7, 11) is 0. The zero-order valence-corrected chi connectivity index (χ0v) is 12.6. The zero-order chi connectivity index (χ0) is 17.6. The van der Waals surface area contributed by atoms with Gasteiger partial charge in [0.1, 0.15) is 17.8 Å². The molecule has 0 radical (unpaired) electrons. The highest BCUT2D eigenvalue weighted by atomic mass is 19.2. The molecule has 2 N–H and O–H groups in total. The first-order valence-electron chi connectivity index (χ1n) is 7.11. The normalized spacial score (nSPS) is 19.5. The Morgan fingerprint density at radius 3 is 2.33 bits per heavy atom. The number of fused-ring (bicyclic) bond motifs is 1. The molecule has 0 fully saturated rings. The van der Waals surface area contributed by atoms with Crippen molar-refractivity contribution in [1.82, 2.24) is 0 Å². The number of hydrogen-bond acceptors (Lipinski definition) is 2. The number of halogens is 3. The van der Waals surface area contributed by atoms with Crippen LogP contribution >= 0.6 is 0 Å². The van der Waals surface area contributed by atoms with Crippen LogP contribution in [0.3, 0.4) is 0 Å². The van der Waals surface area contributed by atoms with E-state index in [-0.39, 0.29) is 16.8 Å². The lowest BCUT2D eigenvalue weighted by molar-refractivity contribution is -0.124. The fourth-order valence-corrected chi connectivity index (χ4v) is 3.09. The number of hydrogen-bond donors (Lipinski definition) is 1. The van der Waals surface area contributed by atoms with E-state index in [1.54, 1.807) is 0 Å². The second-order valence-electron chi connectivity index (χ2n) is 5.74. The van der Waals surface area contributed by atoms with Crippen molar-refractivity contribution < 1.29 is 22.8 Å². The van der Waals surface area contributed by atoms with Crippen LogP contribution in [0.2, 0.25) is 0 Å². The predicted octanol–water partition coefficient (Wildman–Crippen LogP) is 2.24. The summed E-state index contributed by atoms with van der Waals surface area (Å²) in [6, 6.07) is 7.02. The van der Waals surface area contributed by atoms with E-state index in [2.05, 4.69) is 0 Å². The molecule has 7 heteroatoms. The van der Waals surface area contributed by atoms with Crippen molar-refractivity contribution in [2.75, 3.05) is 11.4 Å². The maximum atomic E-state index is 14.5. The number of benzene rings is 2. The SMILES string of the molecule is CC1(c2ccc(F)cc2)C(=O)N(CC(N)=O)c2ccc(F)c(F)c21. The summed E-state index contributed by atoms with van der Waals surface area (Å²) in [6.45, 7) is 0.943. The van der Waals surface area contributed by atoms with Crippen molar-refractivity contribution >= 4 is 17.5 Å². The zero-order valence-electron chi connectivity index (χ0n) is 12.6. The van der Waals surface area contributed by atoms with E-state index in [0.29, 0.717) is 0 Å². The molecule has 0 spiro atoms. The van der Waals surface area contributed by atoms with Gasteiger partial charge in [0.15, 0.2) is 11.6 Å². The highest BCUT2D eigenvalue weighted by Crippen LogP contribution is 2.47. The molecule has 2 aromatic rings. The van der Waals surface area contributed by atoms with E-state index < -0.39 is 41.2 Å². The largest absolute Gasteiger partial charge is 0.368 e. The third kappa shape index (κ3) is 2.16. The van der Waals surface area contributed by atoms with E-state index in [4.69, 9.17) is 5.73 Å². The maximum Gasteiger partial charge on any atom is 0.242 e. The second-order valence-corrected chi connectivity index (χ2v) is 5.74. The second kappa shape index (κ2) is 5.36. The van der Waals surface area contributed by atoms with Gasteiger partial charge in [-0.2, -0.15) is 0 Å². The lowest BCUT2D eigenvalue weighted by Crippen LogP contribution is -2.43. The fraction of sp³-hybridized carbons (Fsp3) is 0.176. The lowest BCUT2D eigenvalue weighted by Gasteiger charge is -2.25. The van der Waals surface area contributed by atoms with Crippen molar-refractivity contribution in [3.63, 3.8) is 0 Å². The van der Waals surface area contributed by atoms with Gasteiger partial charge in [-0.25, -0.2) is 13.2 Å². The van der Waals surface area contributed by atoms with Crippen LogP contribution in [0.15, 0.2) is 36.4 Å². The Kier molecular flexibility index (Phi) is 3.59. The molecular formula is C17H13F3N2O2. The topological polar surface area (TPSA) is 63.4 Å². The summed E-state index contributed by atoms with van der Waals surface area (Å²) < 4.78 is 41.5. The minimum Gasteiger partial charge on any atom is -0.368 e. The highest BCUT2D eigenvalue weighted by molar-refractivity contribution is 6.12. The van der Waals surface area contributed by atoms with Crippen molar-refractivity contribution in [2.24, 2.45) is 5.73 Å². The van der Waals surface area contributed by atoms with Gasteiger partial charge in [-0.1, -0.05) is 12.1 Å².